The molecule has 0 fully saturated rings. The summed E-state index contributed by atoms with van der Waals surface area (Å²) in [6.45, 7) is 8.07. The Balaban J connectivity index is 2.95. The Morgan fingerprint density at radius 1 is 1.30 bits per heavy atom. The standard InChI is InChI=1S/C15H17NO4/c1-4-19-11(3)13-8-6-12(10-14(13)16-18)7-9-15(17)20-5-2/h6-10H,3-5H2,1-2H3/b9-7+. The second kappa shape index (κ2) is 7.89. The molecule has 1 rings (SSSR count). The summed E-state index contributed by atoms with van der Waals surface area (Å²) in [6, 6.07) is 4.98. The molecule has 20 heavy (non-hydrogen) atoms. The first kappa shape index (κ1) is 15.6. The van der Waals surface area contributed by atoms with E-state index in [1.165, 1.54) is 6.08 Å². The Kier molecular flexibility index (Phi) is 6.16. The molecule has 0 atom stereocenters. The number of carbonyl (C=O) groups is 1. The highest BCUT2D eigenvalue weighted by atomic mass is 16.5. The highest BCUT2D eigenvalue weighted by molar-refractivity contribution is 5.87. The van der Waals surface area contributed by atoms with E-state index in [0.717, 1.165) is 0 Å². The number of carbonyl (C=O) groups excluding carboxylic acids is 1. The third-order valence-electron chi connectivity index (χ3n) is 2.44. The van der Waals surface area contributed by atoms with Gasteiger partial charge in [0, 0.05) is 11.6 Å². The number of nitrogens with zero attached hydrogens (tertiary/aromatic N) is 1. The van der Waals surface area contributed by atoms with Crippen LogP contribution in [-0.2, 0) is 14.3 Å². The smallest absolute Gasteiger partial charge is 0.330 e. The van der Waals surface area contributed by atoms with Crippen LogP contribution in [0.4, 0.5) is 5.69 Å². The highest BCUT2D eigenvalue weighted by Crippen LogP contribution is 2.27. The van der Waals surface area contributed by atoms with Crippen molar-refractivity contribution >= 4 is 23.5 Å². The Morgan fingerprint density at radius 3 is 2.60 bits per heavy atom. The van der Waals surface area contributed by atoms with E-state index < -0.39 is 5.97 Å². The summed E-state index contributed by atoms with van der Waals surface area (Å²) in [5.41, 5.74) is 1.42. The maximum atomic E-state index is 11.2. The SMILES string of the molecule is C=C(OCC)c1ccc(/C=C/C(=O)OCC)cc1N=O. The van der Waals surface area contributed by atoms with Gasteiger partial charge in [-0.05, 0) is 42.8 Å². The number of hydrogen-bond donors (Lipinski definition) is 0. The predicted molar refractivity (Wildman–Crippen MR) is 78.2 cm³/mol. The number of nitroso groups, excluding NO2 is 1. The van der Waals surface area contributed by atoms with Crippen LogP contribution in [0.25, 0.3) is 11.8 Å². The van der Waals surface area contributed by atoms with Crippen LogP contribution in [-0.4, -0.2) is 19.2 Å². The molecule has 0 radical (unpaired) electrons. The number of esters is 1. The minimum absolute atomic E-state index is 0.217. The molecule has 0 spiro atoms. The second-order valence-corrected chi connectivity index (χ2v) is 3.81. The maximum absolute atomic E-state index is 11.2. The normalized spacial score (nSPS) is 10.3. The first-order chi connectivity index (χ1) is 9.62. The van der Waals surface area contributed by atoms with Gasteiger partial charge in [-0.1, -0.05) is 12.6 Å². The Labute approximate surface area is 117 Å². The summed E-state index contributed by atoms with van der Waals surface area (Å²) in [4.78, 5) is 22.1. The van der Waals surface area contributed by atoms with Crippen LogP contribution in [0.1, 0.15) is 25.0 Å². The van der Waals surface area contributed by atoms with Crippen LogP contribution in [0.2, 0.25) is 0 Å². The molecular formula is C15H17NO4. The van der Waals surface area contributed by atoms with E-state index in [0.29, 0.717) is 30.1 Å². The number of hydrogen-bond acceptors (Lipinski definition) is 5. The Morgan fingerprint density at radius 2 is 2.00 bits per heavy atom. The summed E-state index contributed by atoms with van der Waals surface area (Å²) in [5.74, 6) is -0.0427. The number of benzene rings is 1. The first-order valence-electron chi connectivity index (χ1n) is 6.26. The molecule has 5 nitrogen and oxygen atoms in total. The van der Waals surface area contributed by atoms with Gasteiger partial charge in [0.25, 0.3) is 0 Å². The fraction of sp³-hybridized carbons (Fsp3) is 0.267. The predicted octanol–water partition coefficient (Wildman–Crippen LogP) is 3.67. The third-order valence-corrected chi connectivity index (χ3v) is 2.44. The molecule has 106 valence electrons. The summed E-state index contributed by atoms with van der Waals surface area (Å²) in [5, 5.41) is 2.96. The molecule has 0 amide bonds. The molecule has 0 aliphatic heterocycles. The minimum Gasteiger partial charge on any atom is -0.494 e. The van der Waals surface area contributed by atoms with Gasteiger partial charge < -0.3 is 9.47 Å². The van der Waals surface area contributed by atoms with Crippen LogP contribution in [0, 0.1) is 4.91 Å². The van der Waals surface area contributed by atoms with Gasteiger partial charge >= 0.3 is 5.97 Å². The monoisotopic (exact) mass is 275 g/mol. The number of rotatable bonds is 7. The zero-order chi connectivity index (χ0) is 15.0. The van der Waals surface area contributed by atoms with Gasteiger partial charge in [-0.25, -0.2) is 4.79 Å². The fourth-order valence-corrected chi connectivity index (χ4v) is 1.57. The van der Waals surface area contributed by atoms with Crippen molar-refractivity contribution in [3.8, 4) is 0 Å². The van der Waals surface area contributed by atoms with Crippen LogP contribution < -0.4 is 0 Å². The lowest BCUT2D eigenvalue weighted by Crippen LogP contribution is -1.98. The van der Waals surface area contributed by atoms with Crippen LogP contribution in [0.15, 0.2) is 36.0 Å². The molecule has 0 bridgehead atoms. The maximum Gasteiger partial charge on any atom is 0.330 e. The quantitative estimate of drug-likeness (QED) is 0.329. The Bertz CT molecular complexity index is 535. The van der Waals surface area contributed by atoms with Crippen molar-refractivity contribution in [1.82, 2.24) is 0 Å². The van der Waals surface area contributed by atoms with Gasteiger partial charge in [0.2, 0.25) is 0 Å². The average Bonchev–Trinajstić information content (AvgIpc) is 2.45. The zero-order valence-corrected chi connectivity index (χ0v) is 11.6. The van der Waals surface area contributed by atoms with E-state index >= 15 is 0 Å². The van der Waals surface area contributed by atoms with Crippen molar-refractivity contribution in [3.05, 3.63) is 46.9 Å². The van der Waals surface area contributed by atoms with Crippen molar-refractivity contribution in [2.45, 2.75) is 13.8 Å². The Hall–Kier alpha value is -2.43. The molecule has 0 aliphatic rings. The molecule has 1 aromatic carbocycles. The topological polar surface area (TPSA) is 65.0 Å². The largest absolute Gasteiger partial charge is 0.494 e. The van der Waals surface area contributed by atoms with Gasteiger partial charge in [0.15, 0.2) is 0 Å². The van der Waals surface area contributed by atoms with Gasteiger partial charge in [-0.15, -0.1) is 4.91 Å². The molecular weight excluding hydrogens is 258 g/mol. The van der Waals surface area contributed by atoms with Crippen LogP contribution >= 0.6 is 0 Å². The van der Waals surface area contributed by atoms with Crippen molar-refractivity contribution in [2.75, 3.05) is 13.2 Å². The van der Waals surface area contributed by atoms with E-state index in [4.69, 9.17) is 9.47 Å². The van der Waals surface area contributed by atoms with Crippen LogP contribution in [0.3, 0.4) is 0 Å². The van der Waals surface area contributed by atoms with Crippen molar-refractivity contribution in [2.24, 2.45) is 5.18 Å². The highest BCUT2D eigenvalue weighted by Gasteiger charge is 2.08. The molecule has 0 saturated heterocycles. The summed E-state index contributed by atoms with van der Waals surface area (Å²) in [6.07, 6.45) is 2.85. The van der Waals surface area contributed by atoms with Gasteiger partial charge in [-0.3, -0.25) is 0 Å². The third kappa shape index (κ3) is 4.35. The lowest BCUT2D eigenvalue weighted by molar-refractivity contribution is -0.137. The van der Waals surface area contributed by atoms with Gasteiger partial charge in [0.05, 0.1) is 13.2 Å². The lowest BCUT2D eigenvalue weighted by Gasteiger charge is -2.08. The average molecular weight is 275 g/mol. The minimum atomic E-state index is -0.434. The molecule has 0 unspecified atom stereocenters. The van der Waals surface area contributed by atoms with E-state index in [9.17, 15) is 9.70 Å². The molecule has 0 N–H and O–H groups in total. The van der Waals surface area contributed by atoms with E-state index in [1.807, 2.05) is 6.92 Å². The molecule has 0 saturated carbocycles. The van der Waals surface area contributed by atoms with E-state index in [2.05, 4.69) is 11.8 Å². The van der Waals surface area contributed by atoms with E-state index in [-0.39, 0.29) is 5.69 Å². The second-order valence-electron chi connectivity index (χ2n) is 3.81. The molecule has 0 aromatic heterocycles. The number of ether oxygens (including phenoxy) is 2. The molecule has 5 heteroatoms. The van der Waals surface area contributed by atoms with Crippen molar-refractivity contribution in [3.63, 3.8) is 0 Å². The fourth-order valence-electron chi connectivity index (χ4n) is 1.57. The lowest BCUT2D eigenvalue weighted by atomic mass is 10.1. The van der Waals surface area contributed by atoms with Gasteiger partial charge in [0.1, 0.15) is 11.4 Å². The van der Waals surface area contributed by atoms with Crippen molar-refractivity contribution < 1.29 is 14.3 Å². The molecule has 0 aliphatic carbocycles. The first-order valence-corrected chi connectivity index (χ1v) is 6.26. The molecule has 0 heterocycles. The van der Waals surface area contributed by atoms with Crippen LogP contribution in [0.5, 0.6) is 0 Å². The van der Waals surface area contributed by atoms with Gasteiger partial charge in [-0.2, -0.15) is 0 Å². The summed E-state index contributed by atoms with van der Waals surface area (Å²) in [7, 11) is 0. The van der Waals surface area contributed by atoms with Crippen molar-refractivity contribution in [1.29, 1.82) is 0 Å². The molecule has 1 aromatic rings. The summed E-state index contributed by atoms with van der Waals surface area (Å²) < 4.78 is 10.0. The summed E-state index contributed by atoms with van der Waals surface area (Å²) >= 11 is 0. The zero-order valence-electron chi connectivity index (χ0n) is 11.6. The van der Waals surface area contributed by atoms with E-state index in [1.54, 1.807) is 31.2 Å².